The van der Waals surface area contributed by atoms with Gasteiger partial charge in [-0.3, -0.25) is 9.59 Å². The van der Waals surface area contributed by atoms with Crippen molar-refractivity contribution in [2.24, 2.45) is 0 Å². The second kappa shape index (κ2) is 60.6. The monoisotopic (exact) mass is 998 g/mol. The number of hydrogen-bond donors (Lipinski definition) is 3. The van der Waals surface area contributed by atoms with Crippen LogP contribution in [0.5, 0.6) is 0 Å². The van der Waals surface area contributed by atoms with Crippen LogP contribution in [0.4, 0.5) is 0 Å². The van der Waals surface area contributed by atoms with Crippen molar-refractivity contribution in [3.05, 3.63) is 36.5 Å². The number of amides is 1. The molecule has 6 heteroatoms. The zero-order chi connectivity index (χ0) is 51.4. The van der Waals surface area contributed by atoms with Gasteiger partial charge in [0.25, 0.3) is 0 Å². The van der Waals surface area contributed by atoms with Crippen molar-refractivity contribution >= 4 is 11.9 Å². The maximum absolute atomic E-state index is 12.5. The molecule has 0 aromatic rings. The van der Waals surface area contributed by atoms with E-state index >= 15 is 0 Å². The maximum atomic E-state index is 12.5. The van der Waals surface area contributed by atoms with Crippen LogP contribution in [0.2, 0.25) is 0 Å². The van der Waals surface area contributed by atoms with Gasteiger partial charge in [-0.1, -0.05) is 281 Å². The van der Waals surface area contributed by atoms with Gasteiger partial charge in [-0.2, -0.15) is 0 Å². The number of ether oxygens (including phenoxy) is 1. The largest absolute Gasteiger partial charge is 0.466 e. The lowest BCUT2D eigenvalue weighted by molar-refractivity contribution is -0.143. The molecule has 0 bridgehead atoms. The molecule has 1 amide bonds. The minimum Gasteiger partial charge on any atom is -0.466 e. The zero-order valence-corrected chi connectivity index (χ0v) is 47.7. The molecular formula is C65H123NO5. The number of carbonyl (C=O) groups is 2. The van der Waals surface area contributed by atoms with E-state index in [0.717, 1.165) is 64.2 Å². The average molecular weight is 999 g/mol. The first-order valence-electron chi connectivity index (χ1n) is 31.7. The van der Waals surface area contributed by atoms with Crippen LogP contribution >= 0.6 is 0 Å². The van der Waals surface area contributed by atoms with Crippen molar-refractivity contribution in [3.63, 3.8) is 0 Å². The van der Waals surface area contributed by atoms with Crippen LogP contribution in [-0.2, 0) is 14.3 Å². The van der Waals surface area contributed by atoms with Crippen molar-refractivity contribution < 1.29 is 24.5 Å². The molecule has 6 nitrogen and oxygen atoms in total. The molecule has 0 aliphatic rings. The summed E-state index contributed by atoms with van der Waals surface area (Å²) in [4.78, 5) is 24.6. The molecule has 2 atom stereocenters. The highest BCUT2D eigenvalue weighted by Crippen LogP contribution is 2.18. The molecule has 0 spiro atoms. The normalized spacial score (nSPS) is 12.8. The van der Waals surface area contributed by atoms with E-state index in [4.69, 9.17) is 4.74 Å². The summed E-state index contributed by atoms with van der Waals surface area (Å²) in [6, 6.07) is -0.552. The minimum absolute atomic E-state index is 0.0148. The predicted octanol–water partition coefficient (Wildman–Crippen LogP) is 20.0. The summed E-state index contributed by atoms with van der Waals surface area (Å²) in [5, 5.41) is 23.4. The summed E-state index contributed by atoms with van der Waals surface area (Å²) in [6.45, 7) is 4.93. The molecule has 0 aliphatic carbocycles. The Hall–Kier alpha value is -1.92. The first kappa shape index (κ1) is 69.1. The first-order chi connectivity index (χ1) is 35.0. The molecule has 0 saturated heterocycles. The molecule has 0 aromatic heterocycles. The lowest BCUT2D eigenvalue weighted by atomic mass is 10.0. The van der Waals surface area contributed by atoms with Gasteiger partial charge in [0.2, 0.25) is 5.91 Å². The molecule has 0 rings (SSSR count). The van der Waals surface area contributed by atoms with E-state index in [1.807, 2.05) is 0 Å². The van der Waals surface area contributed by atoms with Gasteiger partial charge in [-0.25, -0.2) is 0 Å². The van der Waals surface area contributed by atoms with E-state index in [9.17, 15) is 19.8 Å². The lowest BCUT2D eigenvalue weighted by Gasteiger charge is -2.22. The van der Waals surface area contributed by atoms with Gasteiger partial charge in [0.1, 0.15) is 0 Å². The Bertz CT molecular complexity index is 1150. The van der Waals surface area contributed by atoms with Crippen molar-refractivity contribution in [2.45, 2.75) is 353 Å². The Balaban J connectivity index is 3.46. The van der Waals surface area contributed by atoms with Gasteiger partial charge in [0.05, 0.1) is 25.4 Å². The van der Waals surface area contributed by atoms with Gasteiger partial charge in [-0.15, -0.1) is 0 Å². The molecule has 418 valence electrons. The minimum atomic E-state index is -0.674. The highest BCUT2D eigenvalue weighted by atomic mass is 16.5. The van der Waals surface area contributed by atoms with E-state index < -0.39 is 12.1 Å². The Labute approximate surface area is 443 Å². The van der Waals surface area contributed by atoms with Gasteiger partial charge in [-0.05, 0) is 83.5 Å². The van der Waals surface area contributed by atoms with Crippen LogP contribution in [-0.4, -0.2) is 47.4 Å². The number of nitrogens with one attached hydrogen (secondary N) is 1. The highest BCUT2D eigenvalue weighted by molar-refractivity contribution is 5.76. The van der Waals surface area contributed by atoms with Crippen LogP contribution in [0.15, 0.2) is 36.5 Å². The summed E-state index contributed by atoms with van der Waals surface area (Å²) < 4.78 is 5.47. The third kappa shape index (κ3) is 57.2. The summed E-state index contributed by atoms with van der Waals surface area (Å²) in [5.41, 5.74) is 0. The number of aliphatic hydroxyl groups is 2. The summed E-state index contributed by atoms with van der Waals surface area (Å²) in [5.74, 6) is -0.0595. The fourth-order valence-corrected chi connectivity index (χ4v) is 9.78. The summed E-state index contributed by atoms with van der Waals surface area (Å²) in [6.07, 6.45) is 75.8. The van der Waals surface area contributed by atoms with Gasteiger partial charge in [0.15, 0.2) is 0 Å². The maximum Gasteiger partial charge on any atom is 0.305 e. The smallest absolute Gasteiger partial charge is 0.305 e. The van der Waals surface area contributed by atoms with Crippen molar-refractivity contribution in [1.29, 1.82) is 0 Å². The molecule has 0 aromatic carbocycles. The first-order valence-corrected chi connectivity index (χ1v) is 31.7. The van der Waals surface area contributed by atoms with Crippen molar-refractivity contribution in [1.82, 2.24) is 5.32 Å². The van der Waals surface area contributed by atoms with Crippen LogP contribution < -0.4 is 5.32 Å². The third-order valence-corrected chi connectivity index (χ3v) is 14.7. The van der Waals surface area contributed by atoms with Crippen LogP contribution in [0, 0.1) is 0 Å². The zero-order valence-electron chi connectivity index (χ0n) is 47.7. The highest BCUT2D eigenvalue weighted by Gasteiger charge is 2.20. The van der Waals surface area contributed by atoms with E-state index in [1.165, 1.54) is 244 Å². The van der Waals surface area contributed by atoms with Gasteiger partial charge in [0, 0.05) is 12.8 Å². The fraction of sp³-hybridized carbons (Fsp3) is 0.877. The van der Waals surface area contributed by atoms with Crippen LogP contribution in [0.3, 0.4) is 0 Å². The molecule has 2 unspecified atom stereocenters. The molecule has 0 saturated carbocycles. The predicted molar refractivity (Wildman–Crippen MR) is 310 cm³/mol. The quantitative estimate of drug-likeness (QED) is 0.0321. The van der Waals surface area contributed by atoms with Crippen LogP contribution in [0.1, 0.15) is 341 Å². The number of carbonyl (C=O) groups excluding carboxylic acids is 2. The second-order valence-corrected chi connectivity index (χ2v) is 21.7. The number of unbranched alkanes of at least 4 members (excludes halogenated alkanes) is 42. The second-order valence-electron chi connectivity index (χ2n) is 21.7. The van der Waals surface area contributed by atoms with Crippen molar-refractivity contribution in [2.75, 3.05) is 13.2 Å². The van der Waals surface area contributed by atoms with E-state index in [1.54, 1.807) is 0 Å². The van der Waals surface area contributed by atoms with E-state index in [-0.39, 0.29) is 18.5 Å². The standard InChI is InChI=1S/C65H123NO5/c1-3-5-7-9-11-13-15-17-19-21-22-23-24-26-29-33-37-41-45-49-53-57-63(68)62(61-67)66-64(69)58-54-50-46-42-38-34-30-27-25-28-32-36-40-44-48-52-56-60-71-65(70)59-55-51-47-43-39-35-31-20-18-16-14-12-10-8-6-4-2/h14,16,20,25,28,31,62-63,67-68H,3-13,15,17-19,21-24,26-27,29-30,32-61H2,1-2H3,(H,66,69)/b16-14-,28-25-,31-20-. The topological polar surface area (TPSA) is 95.9 Å². The molecule has 0 heterocycles. The summed E-state index contributed by atoms with van der Waals surface area (Å²) in [7, 11) is 0. The average Bonchev–Trinajstić information content (AvgIpc) is 3.37. The molecule has 0 aliphatic heterocycles. The number of rotatable bonds is 59. The lowest BCUT2D eigenvalue weighted by Crippen LogP contribution is -2.45. The van der Waals surface area contributed by atoms with E-state index in [2.05, 4.69) is 55.6 Å². The Kier molecular flexibility index (Phi) is 59.0. The van der Waals surface area contributed by atoms with Crippen molar-refractivity contribution in [3.8, 4) is 0 Å². The SMILES string of the molecule is CCCCCC/C=C\C/C=C\CCCCCCCC(=O)OCCCCCCCC/C=C\CCCCCCCCCC(=O)NC(CO)C(O)CCCCCCCCCCCCCCCCCCCCCCC. The summed E-state index contributed by atoms with van der Waals surface area (Å²) >= 11 is 0. The van der Waals surface area contributed by atoms with Gasteiger partial charge >= 0.3 is 5.97 Å². The third-order valence-electron chi connectivity index (χ3n) is 14.7. The number of aliphatic hydroxyl groups excluding tert-OH is 2. The van der Waals surface area contributed by atoms with Gasteiger partial charge < -0.3 is 20.3 Å². The Morgan fingerprint density at radius 2 is 0.704 bits per heavy atom. The number of esters is 1. The number of allylic oxidation sites excluding steroid dienone is 6. The molecule has 0 radical (unpaired) electrons. The molecule has 0 fully saturated rings. The van der Waals surface area contributed by atoms with E-state index in [0.29, 0.717) is 25.9 Å². The molecule has 3 N–H and O–H groups in total. The Morgan fingerprint density at radius 1 is 0.394 bits per heavy atom. The molecular weight excluding hydrogens is 875 g/mol. The van der Waals surface area contributed by atoms with Crippen LogP contribution in [0.25, 0.3) is 0 Å². The number of hydrogen-bond acceptors (Lipinski definition) is 5. The molecule has 71 heavy (non-hydrogen) atoms. The fourth-order valence-electron chi connectivity index (χ4n) is 9.78. The Morgan fingerprint density at radius 3 is 1.10 bits per heavy atom.